The molecule has 0 aliphatic carbocycles. The molecule has 0 bridgehead atoms. The number of piperazine rings is 1. The van der Waals surface area contributed by atoms with Crippen molar-refractivity contribution in [1.29, 1.82) is 0 Å². The molecule has 0 unspecified atom stereocenters. The van der Waals surface area contributed by atoms with Gasteiger partial charge < -0.3 is 19.3 Å². The molecule has 1 saturated heterocycles. The van der Waals surface area contributed by atoms with E-state index < -0.39 is 6.10 Å². The Bertz CT molecular complexity index is 785. The van der Waals surface area contributed by atoms with Crippen LogP contribution in [-0.4, -0.2) is 60.5 Å². The lowest BCUT2D eigenvalue weighted by molar-refractivity contribution is -0.146. The number of rotatable bonds is 3. The van der Waals surface area contributed by atoms with Crippen LogP contribution in [-0.2, 0) is 16.0 Å². The van der Waals surface area contributed by atoms with Crippen molar-refractivity contribution in [3.8, 4) is 11.5 Å². The summed E-state index contributed by atoms with van der Waals surface area (Å²) in [7, 11) is 0. The molecule has 0 saturated carbocycles. The molecule has 2 aromatic rings. The summed E-state index contributed by atoms with van der Waals surface area (Å²) >= 11 is 1.59. The lowest BCUT2D eigenvalue weighted by Gasteiger charge is -2.37. The lowest BCUT2D eigenvalue weighted by Crippen LogP contribution is -2.55. The second-order valence-electron chi connectivity index (χ2n) is 6.33. The van der Waals surface area contributed by atoms with Crippen LogP contribution in [0.1, 0.15) is 4.88 Å². The average molecular weight is 372 g/mol. The Hall–Kier alpha value is -2.54. The van der Waals surface area contributed by atoms with Gasteiger partial charge in [-0.1, -0.05) is 18.2 Å². The standard InChI is InChI=1S/C19H20N2O4S/c22-18(12-14-4-3-11-26-14)20-7-9-21(10-8-20)19(23)17-13-24-15-5-1-2-6-16(15)25-17/h1-6,11,17H,7-10,12-13H2/t17-/m0/s1. The molecule has 6 nitrogen and oxygen atoms in total. The fourth-order valence-corrected chi connectivity index (χ4v) is 3.89. The molecule has 0 N–H and O–H groups in total. The number of para-hydroxylation sites is 2. The van der Waals surface area contributed by atoms with E-state index in [4.69, 9.17) is 9.47 Å². The fourth-order valence-electron chi connectivity index (χ4n) is 3.20. The van der Waals surface area contributed by atoms with Gasteiger partial charge in [-0.15, -0.1) is 11.3 Å². The van der Waals surface area contributed by atoms with Crippen molar-refractivity contribution < 1.29 is 19.1 Å². The van der Waals surface area contributed by atoms with Crippen molar-refractivity contribution in [2.45, 2.75) is 12.5 Å². The molecule has 1 aromatic carbocycles. The van der Waals surface area contributed by atoms with Gasteiger partial charge in [0, 0.05) is 31.1 Å². The predicted molar refractivity (Wildman–Crippen MR) is 97.5 cm³/mol. The molecular weight excluding hydrogens is 352 g/mol. The molecular formula is C19H20N2O4S. The van der Waals surface area contributed by atoms with Gasteiger partial charge >= 0.3 is 0 Å². The number of carbonyl (C=O) groups excluding carboxylic acids is 2. The van der Waals surface area contributed by atoms with Crippen molar-refractivity contribution >= 4 is 23.2 Å². The van der Waals surface area contributed by atoms with Crippen molar-refractivity contribution in [1.82, 2.24) is 9.80 Å². The number of hydrogen-bond acceptors (Lipinski definition) is 5. The van der Waals surface area contributed by atoms with Gasteiger partial charge in [-0.3, -0.25) is 9.59 Å². The van der Waals surface area contributed by atoms with E-state index in [0.29, 0.717) is 44.1 Å². The molecule has 2 aliphatic rings. The Morgan fingerprint density at radius 2 is 1.73 bits per heavy atom. The van der Waals surface area contributed by atoms with E-state index in [1.807, 2.05) is 40.6 Å². The lowest BCUT2D eigenvalue weighted by atomic mass is 10.2. The largest absolute Gasteiger partial charge is 0.485 e. The minimum Gasteiger partial charge on any atom is -0.485 e. The first-order valence-corrected chi connectivity index (χ1v) is 9.56. The molecule has 4 rings (SSSR count). The smallest absolute Gasteiger partial charge is 0.267 e. The Morgan fingerprint density at radius 3 is 2.46 bits per heavy atom. The highest BCUT2D eigenvalue weighted by molar-refractivity contribution is 7.10. The zero-order valence-corrected chi connectivity index (χ0v) is 15.1. The maximum absolute atomic E-state index is 12.7. The summed E-state index contributed by atoms with van der Waals surface area (Å²) in [5.41, 5.74) is 0. The van der Waals surface area contributed by atoms with E-state index in [-0.39, 0.29) is 18.4 Å². The first-order valence-electron chi connectivity index (χ1n) is 8.68. The summed E-state index contributed by atoms with van der Waals surface area (Å²) in [4.78, 5) is 29.7. The SMILES string of the molecule is O=C(Cc1cccs1)N1CCN(C(=O)[C@@H]2COc3ccccc3O2)CC1. The van der Waals surface area contributed by atoms with Crippen LogP contribution in [0.3, 0.4) is 0 Å². The number of hydrogen-bond donors (Lipinski definition) is 0. The zero-order valence-electron chi connectivity index (χ0n) is 14.3. The minimum absolute atomic E-state index is 0.0788. The second kappa shape index (κ2) is 7.37. The van der Waals surface area contributed by atoms with E-state index in [2.05, 4.69) is 0 Å². The summed E-state index contributed by atoms with van der Waals surface area (Å²) < 4.78 is 11.4. The number of fused-ring (bicyclic) bond motifs is 1. The Balaban J connectivity index is 1.30. The van der Waals surface area contributed by atoms with Gasteiger partial charge in [-0.2, -0.15) is 0 Å². The summed E-state index contributed by atoms with van der Waals surface area (Å²) in [6.07, 6.45) is -0.194. The van der Waals surface area contributed by atoms with Gasteiger partial charge in [-0.05, 0) is 23.6 Å². The number of benzene rings is 1. The highest BCUT2D eigenvalue weighted by Gasteiger charge is 2.33. The Labute approximate surface area is 155 Å². The van der Waals surface area contributed by atoms with Crippen LogP contribution in [0.4, 0.5) is 0 Å². The van der Waals surface area contributed by atoms with Gasteiger partial charge in [0.15, 0.2) is 11.5 Å². The number of ether oxygens (including phenoxy) is 2. The van der Waals surface area contributed by atoms with Crippen molar-refractivity contribution in [3.05, 3.63) is 46.7 Å². The summed E-state index contributed by atoms with van der Waals surface area (Å²) in [6.45, 7) is 2.38. The van der Waals surface area contributed by atoms with E-state index in [9.17, 15) is 9.59 Å². The first kappa shape index (κ1) is 16.9. The van der Waals surface area contributed by atoms with E-state index in [1.54, 1.807) is 22.3 Å². The summed E-state index contributed by atoms with van der Waals surface area (Å²) in [5, 5.41) is 1.98. The van der Waals surface area contributed by atoms with Crippen LogP contribution < -0.4 is 9.47 Å². The molecule has 1 aromatic heterocycles. The van der Waals surface area contributed by atoms with E-state index in [0.717, 1.165) is 4.88 Å². The molecule has 26 heavy (non-hydrogen) atoms. The Morgan fingerprint density at radius 1 is 1.00 bits per heavy atom. The molecule has 1 fully saturated rings. The van der Waals surface area contributed by atoms with Crippen LogP contribution in [0.2, 0.25) is 0 Å². The minimum atomic E-state index is -0.627. The zero-order chi connectivity index (χ0) is 17.9. The third-order valence-electron chi connectivity index (χ3n) is 4.63. The molecule has 7 heteroatoms. The maximum atomic E-state index is 12.7. The highest BCUT2D eigenvalue weighted by atomic mass is 32.1. The van der Waals surface area contributed by atoms with Gasteiger partial charge in [0.2, 0.25) is 12.0 Å². The number of carbonyl (C=O) groups is 2. The van der Waals surface area contributed by atoms with Crippen molar-refractivity contribution in [3.63, 3.8) is 0 Å². The monoisotopic (exact) mass is 372 g/mol. The van der Waals surface area contributed by atoms with Crippen LogP contribution in [0.25, 0.3) is 0 Å². The number of nitrogens with zero attached hydrogens (tertiary/aromatic N) is 2. The Kier molecular flexibility index (Phi) is 4.79. The van der Waals surface area contributed by atoms with Crippen LogP contribution in [0, 0.1) is 0 Å². The summed E-state index contributed by atoms with van der Waals surface area (Å²) in [6, 6.07) is 11.3. The van der Waals surface area contributed by atoms with Crippen molar-refractivity contribution in [2.24, 2.45) is 0 Å². The fraction of sp³-hybridized carbons (Fsp3) is 0.368. The van der Waals surface area contributed by atoms with Crippen LogP contribution >= 0.6 is 11.3 Å². The molecule has 1 atom stereocenters. The second-order valence-corrected chi connectivity index (χ2v) is 7.36. The van der Waals surface area contributed by atoms with Gasteiger partial charge in [0.25, 0.3) is 5.91 Å². The predicted octanol–water partition coefficient (Wildman–Crippen LogP) is 1.80. The third kappa shape index (κ3) is 3.53. The molecule has 0 radical (unpaired) electrons. The van der Waals surface area contributed by atoms with E-state index >= 15 is 0 Å². The average Bonchev–Trinajstić information content (AvgIpc) is 3.20. The number of amides is 2. The van der Waals surface area contributed by atoms with Crippen molar-refractivity contribution in [2.75, 3.05) is 32.8 Å². The quantitative estimate of drug-likeness (QED) is 0.824. The van der Waals surface area contributed by atoms with Gasteiger partial charge in [-0.25, -0.2) is 0 Å². The molecule has 3 heterocycles. The van der Waals surface area contributed by atoms with Gasteiger partial charge in [0.1, 0.15) is 6.61 Å². The summed E-state index contributed by atoms with van der Waals surface area (Å²) in [5.74, 6) is 1.30. The molecule has 136 valence electrons. The number of thiophene rings is 1. The highest BCUT2D eigenvalue weighted by Crippen LogP contribution is 2.31. The molecule has 0 spiro atoms. The maximum Gasteiger partial charge on any atom is 0.267 e. The molecule has 2 aliphatic heterocycles. The van der Waals surface area contributed by atoms with Gasteiger partial charge in [0.05, 0.1) is 6.42 Å². The van der Waals surface area contributed by atoms with Crippen LogP contribution in [0.5, 0.6) is 11.5 Å². The first-order chi connectivity index (χ1) is 12.7. The third-order valence-corrected chi connectivity index (χ3v) is 5.51. The van der Waals surface area contributed by atoms with E-state index in [1.165, 1.54) is 0 Å². The van der Waals surface area contributed by atoms with Crippen LogP contribution in [0.15, 0.2) is 41.8 Å². The normalized spacial score (nSPS) is 19.3. The topological polar surface area (TPSA) is 59.1 Å². The molecule has 2 amide bonds.